The van der Waals surface area contributed by atoms with E-state index in [-0.39, 0.29) is 28.9 Å². The zero-order valence-electron chi connectivity index (χ0n) is 12.9. The van der Waals surface area contributed by atoms with Crippen LogP contribution < -0.4 is 0 Å². The second-order valence-electron chi connectivity index (χ2n) is 5.79. The molecule has 0 N–H and O–H groups in total. The molecule has 6 heteroatoms. The van der Waals surface area contributed by atoms with Gasteiger partial charge in [0.25, 0.3) is 0 Å². The number of thiol groups is 1. The Bertz CT molecular complexity index is 622. The first-order valence-electron chi connectivity index (χ1n) is 7.65. The minimum Gasteiger partial charge on any atom is -0.298 e. The number of carbonyl (C=O) groups is 1. The van der Waals surface area contributed by atoms with Gasteiger partial charge in [0.15, 0.2) is 0 Å². The number of nitrogens with zero attached hydrogens (tertiary/aromatic N) is 1. The first-order chi connectivity index (χ1) is 10.5. The van der Waals surface area contributed by atoms with E-state index in [0.29, 0.717) is 5.56 Å². The molecular formula is C16H23NO3S2. The Hall–Kier alpha value is -0.850. The van der Waals surface area contributed by atoms with Crippen molar-refractivity contribution in [3.63, 3.8) is 0 Å². The lowest BCUT2D eigenvalue weighted by Gasteiger charge is -2.30. The van der Waals surface area contributed by atoms with Gasteiger partial charge in [-0.1, -0.05) is 37.5 Å². The summed E-state index contributed by atoms with van der Waals surface area (Å²) in [5.41, 5.74) is 0.559. The van der Waals surface area contributed by atoms with Gasteiger partial charge in [0, 0.05) is 25.3 Å². The molecule has 1 aromatic rings. The zero-order valence-corrected chi connectivity index (χ0v) is 14.6. The van der Waals surface area contributed by atoms with Crippen LogP contribution in [0.25, 0.3) is 0 Å². The van der Waals surface area contributed by atoms with E-state index in [0.717, 1.165) is 25.7 Å². The number of hydrogen-bond acceptors (Lipinski definition) is 4. The van der Waals surface area contributed by atoms with Gasteiger partial charge in [-0.25, -0.2) is 8.42 Å². The summed E-state index contributed by atoms with van der Waals surface area (Å²) in [6, 6.07) is 6.84. The van der Waals surface area contributed by atoms with Crippen LogP contribution in [0.1, 0.15) is 37.7 Å². The molecule has 1 aromatic carbocycles. The van der Waals surface area contributed by atoms with Crippen LogP contribution in [0.2, 0.25) is 0 Å². The summed E-state index contributed by atoms with van der Waals surface area (Å²) in [7, 11) is -1.91. The Kier molecular flexibility index (Phi) is 6.06. The summed E-state index contributed by atoms with van der Waals surface area (Å²) >= 11 is 3.97. The first kappa shape index (κ1) is 17.5. The number of hydrogen-bond donors (Lipinski definition) is 1. The molecule has 0 aromatic heterocycles. The van der Waals surface area contributed by atoms with Crippen LogP contribution in [0.15, 0.2) is 29.2 Å². The quantitative estimate of drug-likeness (QED) is 0.810. The topological polar surface area (TPSA) is 54.5 Å². The molecule has 122 valence electrons. The monoisotopic (exact) mass is 341 g/mol. The number of Topliss-reactive ketones (excluding diaryl/α,β-unsaturated/α-hetero) is 1. The van der Waals surface area contributed by atoms with Crippen LogP contribution in [0.4, 0.5) is 0 Å². The molecule has 0 heterocycles. The van der Waals surface area contributed by atoms with Gasteiger partial charge in [-0.05, 0) is 24.5 Å². The van der Waals surface area contributed by atoms with Gasteiger partial charge in [-0.2, -0.15) is 16.9 Å². The molecule has 1 fully saturated rings. The van der Waals surface area contributed by atoms with E-state index in [1.54, 1.807) is 31.3 Å². The molecule has 4 nitrogen and oxygen atoms in total. The second-order valence-corrected chi connectivity index (χ2v) is 8.08. The van der Waals surface area contributed by atoms with Crippen molar-refractivity contribution in [3.05, 3.63) is 29.8 Å². The van der Waals surface area contributed by atoms with E-state index in [2.05, 4.69) is 12.6 Å². The van der Waals surface area contributed by atoms with Crippen LogP contribution in [-0.4, -0.2) is 37.3 Å². The van der Waals surface area contributed by atoms with Crippen molar-refractivity contribution in [2.75, 3.05) is 12.8 Å². The highest BCUT2D eigenvalue weighted by atomic mass is 32.2. The van der Waals surface area contributed by atoms with Gasteiger partial charge in [0.1, 0.15) is 5.78 Å². The highest BCUT2D eigenvalue weighted by molar-refractivity contribution is 7.89. The van der Waals surface area contributed by atoms with Crippen LogP contribution in [-0.2, 0) is 21.2 Å². The summed E-state index contributed by atoms with van der Waals surface area (Å²) in [5, 5.41) is 0. The predicted octanol–water partition coefficient (Wildman–Crippen LogP) is 2.68. The average Bonchev–Trinajstić information content (AvgIpc) is 2.55. The smallest absolute Gasteiger partial charge is 0.243 e. The Morgan fingerprint density at radius 3 is 2.50 bits per heavy atom. The fraction of sp³-hybridized carbons (Fsp3) is 0.562. The van der Waals surface area contributed by atoms with Gasteiger partial charge >= 0.3 is 0 Å². The molecular weight excluding hydrogens is 318 g/mol. The molecule has 0 bridgehead atoms. The van der Waals surface area contributed by atoms with E-state index < -0.39 is 10.0 Å². The normalized spacial score (nSPS) is 16.9. The SMILES string of the molecule is CN(C1CCCCC1)S(=O)(=O)c1ccccc1CC(=O)CS. The third kappa shape index (κ3) is 3.91. The molecule has 1 aliphatic carbocycles. The highest BCUT2D eigenvalue weighted by Crippen LogP contribution is 2.28. The predicted molar refractivity (Wildman–Crippen MR) is 90.8 cm³/mol. The van der Waals surface area contributed by atoms with Crippen molar-refractivity contribution in [3.8, 4) is 0 Å². The minimum atomic E-state index is -3.57. The molecule has 22 heavy (non-hydrogen) atoms. The van der Waals surface area contributed by atoms with Gasteiger partial charge in [-0.15, -0.1) is 0 Å². The van der Waals surface area contributed by atoms with Gasteiger partial charge in [0.2, 0.25) is 10.0 Å². The summed E-state index contributed by atoms with van der Waals surface area (Å²) in [6.45, 7) is 0. The summed E-state index contributed by atoms with van der Waals surface area (Å²) in [6.07, 6.45) is 5.25. The largest absolute Gasteiger partial charge is 0.298 e. The average molecular weight is 341 g/mol. The van der Waals surface area contributed by atoms with Gasteiger partial charge in [0.05, 0.1) is 4.90 Å². The zero-order chi connectivity index (χ0) is 16.2. The van der Waals surface area contributed by atoms with Crippen molar-refractivity contribution in [1.82, 2.24) is 4.31 Å². The minimum absolute atomic E-state index is 0.0624. The Labute approximate surface area is 138 Å². The first-order valence-corrected chi connectivity index (χ1v) is 9.72. The van der Waals surface area contributed by atoms with E-state index >= 15 is 0 Å². The lowest BCUT2D eigenvalue weighted by atomic mass is 9.96. The number of rotatable bonds is 6. The maximum absolute atomic E-state index is 12.9. The van der Waals surface area contributed by atoms with Crippen molar-refractivity contribution in [2.45, 2.75) is 49.5 Å². The third-order valence-corrected chi connectivity index (χ3v) is 6.65. The Morgan fingerprint density at radius 2 is 1.86 bits per heavy atom. The van der Waals surface area contributed by atoms with Gasteiger partial charge in [-0.3, -0.25) is 4.79 Å². The highest BCUT2D eigenvalue weighted by Gasteiger charge is 2.30. The molecule has 0 spiro atoms. The summed E-state index contributed by atoms with van der Waals surface area (Å²) in [5.74, 6) is 0.0404. The van der Waals surface area contributed by atoms with Crippen LogP contribution in [0, 0.1) is 0 Å². The standard InChI is InChI=1S/C16H23NO3S2/c1-17(14-8-3-2-4-9-14)22(19,20)16-10-6-5-7-13(16)11-15(18)12-21/h5-7,10,14,21H,2-4,8-9,11-12H2,1H3. The molecule has 1 aliphatic rings. The van der Waals surface area contributed by atoms with E-state index in [9.17, 15) is 13.2 Å². The van der Waals surface area contributed by atoms with E-state index in [1.807, 2.05) is 0 Å². The van der Waals surface area contributed by atoms with Crippen LogP contribution in [0.5, 0.6) is 0 Å². The van der Waals surface area contributed by atoms with Gasteiger partial charge < -0.3 is 0 Å². The third-order valence-electron chi connectivity index (χ3n) is 4.28. The second kappa shape index (κ2) is 7.62. The number of ketones is 1. The number of carbonyl (C=O) groups excluding carboxylic acids is 1. The Morgan fingerprint density at radius 1 is 1.23 bits per heavy atom. The molecule has 0 radical (unpaired) electrons. The lowest BCUT2D eigenvalue weighted by Crippen LogP contribution is -2.38. The van der Waals surface area contributed by atoms with Crippen LogP contribution in [0.3, 0.4) is 0 Å². The van der Waals surface area contributed by atoms with E-state index in [1.165, 1.54) is 10.7 Å². The fourth-order valence-electron chi connectivity index (χ4n) is 2.97. The maximum Gasteiger partial charge on any atom is 0.243 e. The molecule has 0 amide bonds. The van der Waals surface area contributed by atoms with Crippen molar-refractivity contribution in [2.24, 2.45) is 0 Å². The van der Waals surface area contributed by atoms with Crippen molar-refractivity contribution >= 4 is 28.4 Å². The van der Waals surface area contributed by atoms with Crippen molar-refractivity contribution < 1.29 is 13.2 Å². The molecule has 0 aliphatic heterocycles. The summed E-state index contributed by atoms with van der Waals surface area (Å²) in [4.78, 5) is 11.9. The molecule has 0 saturated heterocycles. The number of sulfonamides is 1. The van der Waals surface area contributed by atoms with Crippen LogP contribution >= 0.6 is 12.6 Å². The maximum atomic E-state index is 12.9. The Balaban J connectivity index is 2.30. The van der Waals surface area contributed by atoms with E-state index in [4.69, 9.17) is 0 Å². The fourth-order valence-corrected chi connectivity index (χ4v) is 4.71. The van der Waals surface area contributed by atoms with Crippen molar-refractivity contribution in [1.29, 1.82) is 0 Å². The molecule has 0 unspecified atom stereocenters. The molecule has 2 rings (SSSR count). The molecule has 0 atom stereocenters. The summed E-state index contributed by atoms with van der Waals surface area (Å²) < 4.78 is 27.3. The number of benzene rings is 1. The lowest BCUT2D eigenvalue weighted by molar-refractivity contribution is -0.116. The molecule has 1 saturated carbocycles.